The Kier molecular flexibility index (Phi) is 9.84. The molecule has 3 fully saturated rings. The third-order valence-corrected chi connectivity index (χ3v) is 11.3. The van der Waals surface area contributed by atoms with E-state index in [1.54, 1.807) is 4.31 Å². The summed E-state index contributed by atoms with van der Waals surface area (Å²) in [6.07, 6.45) is 4.29. The van der Waals surface area contributed by atoms with Crippen LogP contribution in [0.4, 0.5) is 13.2 Å². The van der Waals surface area contributed by atoms with Gasteiger partial charge < -0.3 is 0 Å². The summed E-state index contributed by atoms with van der Waals surface area (Å²) in [5.74, 6) is -1.10. The van der Waals surface area contributed by atoms with Gasteiger partial charge >= 0.3 is 6.18 Å². The molecule has 6 unspecified atom stereocenters. The molecule has 33 heavy (non-hydrogen) atoms. The second kappa shape index (κ2) is 11.8. The lowest BCUT2D eigenvalue weighted by Gasteiger charge is -2.43. The van der Waals surface area contributed by atoms with Gasteiger partial charge in [-0.15, -0.1) is 11.6 Å². The fourth-order valence-electron chi connectivity index (χ4n) is 6.55. The van der Waals surface area contributed by atoms with Gasteiger partial charge in [0, 0.05) is 30.6 Å². The van der Waals surface area contributed by atoms with Gasteiger partial charge in [0.25, 0.3) is 0 Å². The molecule has 9 heteroatoms. The van der Waals surface area contributed by atoms with Crippen molar-refractivity contribution in [3.63, 3.8) is 0 Å². The fourth-order valence-corrected chi connectivity index (χ4v) is 9.28. The first kappa shape index (κ1) is 27.5. The molecule has 0 aromatic heterocycles. The molecule has 0 bridgehead atoms. The van der Waals surface area contributed by atoms with E-state index in [-0.39, 0.29) is 24.3 Å². The Morgan fingerprint density at radius 3 is 2.21 bits per heavy atom. The van der Waals surface area contributed by atoms with Gasteiger partial charge in [-0.3, -0.25) is 4.90 Å². The van der Waals surface area contributed by atoms with Crippen LogP contribution in [0.5, 0.6) is 0 Å². The molecule has 4 nitrogen and oxygen atoms in total. The molecule has 3 aliphatic carbocycles. The van der Waals surface area contributed by atoms with Crippen molar-refractivity contribution >= 4 is 21.6 Å². The summed E-state index contributed by atoms with van der Waals surface area (Å²) in [5, 5.41) is -0.733. The van der Waals surface area contributed by atoms with Gasteiger partial charge in [0.2, 0.25) is 10.0 Å². The number of sulfonamides is 1. The number of hydrogen-bond donors (Lipinski definition) is 0. The minimum atomic E-state index is -4.32. The molecule has 0 aromatic carbocycles. The van der Waals surface area contributed by atoms with Gasteiger partial charge in [-0.2, -0.15) is 17.5 Å². The summed E-state index contributed by atoms with van der Waals surface area (Å²) in [6.45, 7) is 6.19. The number of alkyl halides is 4. The number of halogens is 4. The highest BCUT2D eigenvalue weighted by molar-refractivity contribution is 7.89. The normalized spacial score (nSPS) is 34.7. The molecule has 3 aliphatic rings. The Morgan fingerprint density at radius 2 is 1.58 bits per heavy atom. The molecule has 3 saturated carbocycles. The zero-order valence-corrected chi connectivity index (χ0v) is 21.8. The van der Waals surface area contributed by atoms with E-state index in [4.69, 9.17) is 11.6 Å². The summed E-state index contributed by atoms with van der Waals surface area (Å²) in [6, 6.07) is 0.278. The van der Waals surface area contributed by atoms with Gasteiger partial charge in [0.15, 0.2) is 0 Å². The Balaban J connectivity index is 1.66. The topological polar surface area (TPSA) is 40.6 Å². The second-order valence-electron chi connectivity index (χ2n) is 10.4. The highest BCUT2D eigenvalue weighted by Gasteiger charge is 2.47. The van der Waals surface area contributed by atoms with E-state index in [2.05, 4.69) is 11.8 Å². The molecule has 194 valence electrons. The first-order valence-corrected chi connectivity index (χ1v) is 15.0. The molecule has 0 aromatic rings. The van der Waals surface area contributed by atoms with Crippen LogP contribution in [0, 0.1) is 11.8 Å². The van der Waals surface area contributed by atoms with Crippen molar-refractivity contribution < 1.29 is 21.6 Å². The van der Waals surface area contributed by atoms with Gasteiger partial charge in [-0.05, 0) is 63.8 Å². The van der Waals surface area contributed by atoms with Gasteiger partial charge in [-0.1, -0.05) is 39.5 Å². The molecular weight excluding hydrogens is 473 g/mol. The van der Waals surface area contributed by atoms with E-state index in [1.165, 1.54) is 12.8 Å². The average Bonchev–Trinajstić information content (AvgIpc) is 2.78. The predicted octanol–water partition coefficient (Wildman–Crippen LogP) is 6.19. The summed E-state index contributed by atoms with van der Waals surface area (Å²) in [5.41, 5.74) is 0. The van der Waals surface area contributed by atoms with Crippen LogP contribution in [0.2, 0.25) is 0 Å². The Labute approximate surface area is 203 Å². The molecule has 0 heterocycles. The smallest absolute Gasteiger partial charge is 0.299 e. The standard InChI is InChI=1S/C24H42ClF3N2O2S/c1-3-29(23-14-6-5-13-22(23)25)17-18-9-7-11-20(15-18)30(4-2)33(31,32)21-12-8-10-19(16-21)24(26,27)28/h18-23H,3-17H2,1-2H3. The van der Waals surface area contributed by atoms with Crippen LogP contribution in [0.1, 0.15) is 90.9 Å². The quantitative estimate of drug-likeness (QED) is 0.362. The minimum Gasteiger partial charge on any atom is -0.299 e. The first-order valence-electron chi connectivity index (χ1n) is 13.0. The maximum atomic E-state index is 13.5. The molecule has 3 rings (SSSR count). The third kappa shape index (κ3) is 6.79. The van der Waals surface area contributed by atoms with E-state index in [0.717, 1.165) is 51.6 Å². The lowest BCUT2D eigenvalue weighted by molar-refractivity contribution is -0.181. The maximum absolute atomic E-state index is 13.5. The van der Waals surface area contributed by atoms with E-state index >= 15 is 0 Å². The molecule has 0 N–H and O–H groups in total. The van der Waals surface area contributed by atoms with E-state index in [9.17, 15) is 21.6 Å². The van der Waals surface area contributed by atoms with Crippen LogP contribution in [0.15, 0.2) is 0 Å². The van der Waals surface area contributed by atoms with E-state index < -0.39 is 27.4 Å². The van der Waals surface area contributed by atoms with Crippen LogP contribution in [0.3, 0.4) is 0 Å². The van der Waals surface area contributed by atoms with E-state index in [0.29, 0.717) is 31.3 Å². The van der Waals surface area contributed by atoms with Gasteiger partial charge in [-0.25, -0.2) is 8.42 Å². The molecule has 0 amide bonds. The van der Waals surface area contributed by atoms with Crippen molar-refractivity contribution in [3.05, 3.63) is 0 Å². The summed E-state index contributed by atoms with van der Waals surface area (Å²) in [7, 11) is -3.76. The Bertz CT molecular complexity index is 721. The highest BCUT2D eigenvalue weighted by atomic mass is 35.5. The Hall–Kier alpha value is -0.0500. The van der Waals surface area contributed by atoms with Crippen molar-refractivity contribution in [2.24, 2.45) is 11.8 Å². The molecule has 6 atom stereocenters. The minimum absolute atomic E-state index is 0.0444. The largest absolute Gasteiger partial charge is 0.391 e. The van der Waals surface area contributed by atoms with Crippen molar-refractivity contribution in [2.45, 2.75) is 120 Å². The average molecular weight is 515 g/mol. The third-order valence-electron chi connectivity index (χ3n) is 8.33. The number of nitrogens with zero attached hydrogens (tertiary/aromatic N) is 2. The van der Waals surface area contributed by atoms with Crippen LogP contribution in [-0.4, -0.2) is 66.1 Å². The molecular formula is C24H42ClF3N2O2S. The second-order valence-corrected chi connectivity index (χ2v) is 13.1. The van der Waals surface area contributed by atoms with E-state index in [1.807, 2.05) is 6.92 Å². The summed E-state index contributed by atoms with van der Waals surface area (Å²) >= 11 is 6.66. The predicted molar refractivity (Wildman–Crippen MR) is 128 cm³/mol. The van der Waals surface area contributed by atoms with Crippen molar-refractivity contribution in [3.8, 4) is 0 Å². The summed E-state index contributed by atoms with van der Waals surface area (Å²) in [4.78, 5) is 2.49. The lowest BCUT2D eigenvalue weighted by Crippen LogP contribution is -2.50. The molecule has 0 spiro atoms. The lowest BCUT2D eigenvalue weighted by atomic mass is 9.84. The summed E-state index contributed by atoms with van der Waals surface area (Å²) < 4.78 is 68.5. The van der Waals surface area contributed by atoms with Crippen LogP contribution in [-0.2, 0) is 10.0 Å². The fraction of sp³-hybridized carbons (Fsp3) is 1.00. The zero-order chi connectivity index (χ0) is 24.2. The number of hydrogen-bond acceptors (Lipinski definition) is 3. The molecule has 0 saturated heterocycles. The van der Waals surface area contributed by atoms with Crippen molar-refractivity contribution in [1.82, 2.24) is 9.21 Å². The molecule has 0 radical (unpaired) electrons. The Morgan fingerprint density at radius 1 is 0.879 bits per heavy atom. The van der Waals surface area contributed by atoms with Crippen molar-refractivity contribution in [2.75, 3.05) is 19.6 Å². The van der Waals surface area contributed by atoms with Crippen LogP contribution in [0.25, 0.3) is 0 Å². The van der Waals surface area contributed by atoms with Gasteiger partial charge in [0.05, 0.1) is 11.2 Å². The maximum Gasteiger partial charge on any atom is 0.391 e. The van der Waals surface area contributed by atoms with Crippen LogP contribution >= 0.6 is 11.6 Å². The molecule has 0 aliphatic heterocycles. The van der Waals surface area contributed by atoms with Crippen LogP contribution < -0.4 is 0 Å². The first-order chi connectivity index (χ1) is 15.6. The monoisotopic (exact) mass is 514 g/mol. The number of rotatable bonds is 8. The zero-order valence-electron chi connectivity index (χ0n) is 20.2. The van der Waals surface area contributed by atoms with Crippen molar-refractivity contribution in [1.29, 1.82) is 0 Å². The SMILES string of the molecule is CCN(CC1CCCC(N(CC)S(=O)(=O)C2CCCC(C(F)(F)F)C2)C1)C1CCCCC1Cl. The highest BCUT2D eigenvalue weighted by Crippen LogP contribution is 2.41. The van der Waals surface area contributed by atoms with Gasteiger partial charge in [0.1, 0.15) is 0 Å².